The number of rotatable bonds is 4. The van der Waals surface area contributed by atoms with Crippen molar-refractivity contribution in [3.05, 3.63) is 28.8 Å². The fourth-order valence-electron chi connectivity index (χ4n) is 2.39. The van der Waals surface area contributed by atoms with Gasteiger partial charge in [0.2, 0.25) is 0 Å². The number of nitrogens with zero attached hydrogens (tertiary/aromatic N) is 1. The molecule has 2 rings (SSSR count). The second-order valence-electron chi connectivity index (χ2n) is 5.04. The third kappa shape index (κ3) is 3.85. The summed E-state index contributed by atoms with van der Waals surface area (Å²) >= 11 is 5.84. The third-order valence-corrected chi connectivity index (χ3v) is 3.55. The number of aromatic hydroxyl groups is 1. The Kier molecular flexibility index (Phi) is 4.66. The van der Waals surface area contributed by atoms with E-state index in [0.29, 0.717) is 5.02 Å². The molecule has 1 saturated heterocycles. The van der Waals surface area contributed by atoms with E-state index in [0.717, 1.165) is 19.6 Å². The van der Waals surface area contributed by atoms with Crippen LogP contribution in [-0.4, -0.2) is 41.6 Å². The smallest absolute Gasteiger partial charge is 0.255 e. The van der Waals surface area contributed by atoms with E-state index >= 15 is 0 Å². The Labute approximate surface area is 118 Å². The fourth-order valence-corrected chi connectivity index (χ4v) is 2.56. The summed E-state index contributed by atoms with van der Waals surface area (Å²) in [5, 5.41) is 13.0. The van der Waals surface area contributed by atoms with Crippen molar-refractivity contribution in [2.24, 2.45) is 0 Å². The van der Waals surface area contributed by atoms with Gasteiger partial charge in [-0.2, -0.15) is 0 Å². The minimum atomic E-state index is -0.285. The molecule has 2 N–H and O–H groups in total. The molecular weight excluding hydrogens is 264 g/mol. The van der Waals surface area contributed by atoms with Gasteiger partial charge in [-0.05, 0) is 51.1 Å². The average Bonchev–Trinajstić information content (AvgIpc) is 2.84. The molecule has 0 radical (unpaired) electrons. The summed E-state index contributed by atoms with van der Waals surface area (Å²) in [5.41, 5.74) is 0.223. The summed E-state index contributed by atoms with van der Waals surface area (Å²) in [5.74, 6) is -0.332. The highest BCUT2D eigenvalue weighted by Crippen LogP contribution is 2.21. The topological polar surface area (TPSA) is 52.6 Å². The number of likely N-dealkylation sites (tertiary alicyclic amines) is 1. The van der Waals surface area contributed by atoms with Crippen molar-refractivity contribution < 1.29 is 9.90 Å². The number of hydrogen-bond donors (Lipinski definition) is 2. The largest absolute Gasteiger partial charge is 0.507 e. The molecule has 1 unspecified atom stereocenters. The molecule has 1 fully saturated rings. The van der Waals surface area contributed by atoms with Crippen LogP contribution in [0.3, 0.4) is 0 Å². The molecule has 1 aliphatic heterocycles. The molecule has 0 spiro atoms. The van der Waals surface area contributed by atoms with Gasteiger partial charge in [0, 0.05) is 17.6 Å². The Morgan fingerprint density at radius 1 is 1.47 bits per heavy atom. The summed E-state index contributed by atoms with van der Waals surface area (Å²) in [6.45, 7) is 5.01. The molecule has 104 valence electrons. The number of hydrogen-bond acceptors (Lipinski definition) is 3. The van der Waals surface area contributed by atoms with E-state index in [-0.39, 0.29) is 23.3 Å². The summed E-state index contributed by atoms with van der Waals surface area (Å²) in [6.07, 6.45) is 2.46. The summed E-state index contributed by atoms with van der Waals surface area (Å²) < 4.78 is 0. The van der Waals surface area contributed by atoms with E-state index in [1.165, 1.54) is 25.0 Å². The summed E-state index contributed by atoms with van der Waals surface area (Å²) in [4.78, 5) is 14.4. The van der Waals surface area contributed by atoms with Crippen molar-refractivity contribution >= 4 is 17.5 Å². The van der Waals surface area contributed by atoms with Gasteiger partial charge in [0.25, 0.3) is 5.91 Å². The van der Waals surface area contributed by atoms with Crippen molar-refractivity contribution in [3.8, 4) is 5.75 Å². The minimum absolute atomic E-state index is 0.0454. The predicted octanol–water partition coefficient (Wildman–Crippen LogP) is 2.26. The molecule has 1 aromatic carbocycles. The Bertz CT molecular complexity index is 459. The van der Waals surface area contributed by atoms with Crippen LogP contribution in [0.5, 0.6) is 5.75 Å². The van der Waals surface area contributed by atoms with Crippen LogP contribution in [0.1, 0.15) is 30.1 Å². The molecule has 0 bridgehead atoms. The van der Waals surface area contributed by atoms with Crippen molar-refractivity contribution in [1.82, 2.24) is 10.2 Å². The van der Waals surface area contributed by atoms with E-state index in [2.05, 4.69) is 10.2 Å². The number of carbonyl (C=O) groups excluding carboxylic acids is 1. The highest BCUT2D eigenvalue weighted by atomic mass is 35.5. The lowest BCUT2D eigenvalue weighted by Gasteiger charge is -2.21. The van der Waals surface area contributed by atoms with Crippen molar-refractivity contribution in [3.63, 3.8) is 0 Å². The molecule has 0 aromatic heterocycles. The molecule has 5 heteroatoms. The SMILES string of the molecule is CC(CN1CCCC1)NC(=O)c1cc(Cl)ccc1O. The van der Waals surface area contributed by atoms with Gasteiger partial charge in [-0.15, -0.1) is 0 Å². The maximum absolute atomic E-state index is 12.1. The number of nitrogens with one attached hydrogen (secondary N) is 1. The lowest BCUT2D eigenvalue weighted by molar-refractivity contribution is 0.0929. The first-order valence-electron chi connectivity index (χ1n) is 6.58. The maximum atomic E-state index is 12.1. The van der Waals surface area contributed by atoms with Gasteiger partial charge < -0.3 is 15.3 Å². The zero-order chi connectivity index (χ0) is 13.8. The van der Waals surface area contributed by atoms with Gasteiger partial charge in [-0.3, -0.25) is 4.79 Å². The van der Waals surface area contributed by atoms with Crippen LogP contribution < -0.4 is 5.32 Å². The maximum Gasteiger partial charge on any atom is 0.255 e. The molecule has 1 heterocycles. The Hall–Kier alpha value is -1.26. The van der Waals surface area contributed by atoms with Crippen molar-refractivity contribution in [1.29, 1.82) is 0 Å². The van der Waals surface area contributed by atoms with Crippen LogP contribution in [-0.2, 0) is 0 Å². The van der Waals surface area contributed by atoms with Crippen molar-refractivity contribution in [2.45, 2.75) is 25.8 Å². The Morgan fingerprint density at radius 2 is 2.16 bits per heavy atom. The number of phenolic OH excluding ortho intramolecular Hbond substituents is 1. The summed E-state index contributed by atoms with van der Waals surface area (Å²) in [7, 11) is 0. The molecule has 19 heavy (non-hydrogen) atoms. The molecule has 1 amide bonds. The molecule has 0 saturated carbocycles. The van der Waals surface area contributed by atoms with Crippen LogP contribution in [0, 0.1) is 0 Å². The Balaban J connectivity index is 1.94. The minimum Gasteiger partial charge on any atom is -0.507 e. The second-order valence-corrected chi connectivity index (χ2v) is 5.48. The van der Waals surface area contributed by atoms with Gasteiger partial charge in [-0.25, -0.2) is 0 Å². The third-order valence-electron chi connectivity index (χ3n) is 3.31. The van der Waals surface area contributed by atoms with E-state index in [9.17, 15) is 9.90 Å². The number of amides is 1. The number of carbonyl (C=O) groups is 1. The Morgan fingerprint density at radius 3 is 2.84 bits per heavy atom. The highest BCUT2D eigenvalue weighted by molar-refractivity contribution is 6.31. The molecule has 4 nitrogen and oxygen atoms in total. The van der Waals surface area contributed by atoms with Gasteiger partial charge >= 0.3 is 0 Å². The highest BCUT2D eigenvalue weighted by Gasteiger charge is 2.18. The first-order chi connectivity index (χ1) is 9.06. The average molecular weight is 283 g/mol. The first kappa shape index (κ1) is 14.2. The van der Waals surface area contributed by atoms with E-state index in [4.69, 9.17) is 11.6 Å². The van der Waals surface area contributed by atoms with Gasteiger partial charge in [0.1, 0.15) is 5.75 Å². The van der Waals surface area contributed by atoms with Crippen LogP contribution in [0.2, 0.25) is 5.02 Å². The van der Waals surface area contributed by atoms with E-state index < -0.39 is 0 Å². The second kappa shape index (κ2) is 6.26. The van der Waals surface area contributed by atoms with Crippen LogP contribution in [0.15, 0.2) is 18.2 Å². The number of benzene rings is 1. The molecule has 1 aliphatic rings. The van der Waals surface area contributed by atoms with Crippen molar-refractivity contribution in [2.75, 3.05) is 19.6 Å². The lowest BCUT2D eigenvalue weighted by Crippen LogP contribution is -2.41. The van der Waals surface area contributed by atoms with Gasteiger partial charge in [-0.1, -0.05) is 11.6 Å². The molecular formula is C14H19ClN2O2. The monoisotopic (exact) mass is 282 g/mol. The molecule has 0 aliphatic carbocycles. The van der Waals surface area contributed by atoms with Crippen LogP contribution in [0.25, 0.3) is 0 Å². The fraction of sp³-hybridized carbons (Fsp3) is 0.500. The van der Waals surface area contributed by atoms with E-state index in [1.54, 1.807) is 6.07 Å². The number of phenols is 1. The molecule has 1 aromatic rings. The zero-order valence-corrected chi connectivity index (χ0v) is 11.8. The van der Waals surface area contributed by atoms with Gasteiger partial charge in [0.05, 0.1) is 5.56 Å². The first-order valence-corrected chi connectivity index (χ1v) is 6.96. The predicted molar refractivity (Wildman–Crippen MR) is 75.7 cm³/mol. The standard InChI is InChI=1S/C14H19ClN2O2/c1-10(9-17-6-2-3-7-17)16-14(19)12-8-11(15)4-5-13(12)18/h4-5,8,10,18H,2-3,6-7,9H2,1H3,(H,16,19). The quantitative estimate of drug-likeness (QED) is 0.891. The van der Waals surface area contributed by atoms with Gasteiger partial charge in [0.15, 0.2) is 0 Å². The van der Waals surface area contributed by atoms with E-state index in [1.807, 2.05) is 6.92 Å². The number of halogens is 1. The zero-order valence-electron chi connectivity index (χ0n) is 11.0. The molecule has 1 atom stereocenters. The normalized spacial score (nSPS) is 17.4. The van der Waals surface area contributed by atoms with Crippen LogP contribution >= 0.6 is 11.6 Å². The van der Waals surface area contributed by atoms with Crippen LogP contribution in [0.4, 0.5) is 0 Å². The lowest BCUT2D eigenvalue weighted by atomic mass is 10.1. The summed E-state index contributed by atoms with van der Waals surface area (Å²) in [6, 6.07) is 4.52.